The predicted molar refractivity (Wildman–Crippen MR) is 118 cm³/mol. The summed E-state index contributed by atoms with van der Waals surface area (Å²) < 4.78 is 15.8. The van der Waals surface area contributed by atoms with Gasteiger partial charge in [0.25, 0.3) is 0 Å². The van der Waals surface area contributed by atoms with Gasteiger partial charge in [0.2, 0.25) is 5.91 Å². The van der Waals surface area contributed by atoms with E-state index < -0.39 is 23.1 Å². The number of amides is 1. The number of rotatable bonds is 8. The lowest BCUT2D eigenvalue weighted by atomic mass is 10.2. The number of nitrogens with zero attached hydrogens (tertiary/aromatic N) is 2. The zero-order chi connectivity index (χ0) is 23.1. The van der Waals surface area contributed by atoms with Crippen molar-refractivity contribution in [1.29, 1.82) is 0 Å². The normalized spacial score (nSPS) is 16.8. The van der Waals surface area contributed by atoms with Crippen molar-refractivity contribution in [2.75, 3.05) is 14.2 Å². The van der Waals surface area contributed by atoms with Crippen LogP contribution < -0.4 is 19.5 Å². The highest BCUT2D eigenvalue weighted by Crippen LogP contribution is 2.29. The van der Waals surface area contributed by atoms with Gasteiger partial charge in [0.05, 0.1) is 32.4 Å². The molecule has 2 aromatic carbocycles. The van der Waals surface area contributed by atoms with E-state index in [1.807, 2.05) is 0 Å². The van der Waals surface area contributed by atoms with Crippen molar-refractivity contribution in [3.8, 4) is 17.2 Å². The third-order valence-corrected chi connectivity index (χ3v) is 5.28. The molecule has 2 N–H and O–H groups in total. The number of ether oxygens (including phenoxy) is 3. The lowest BCUT2D eigenvalue weighted by molar-refractivity contribution is -0.138. The molecule has 0 bridgehead atoms. The maximum atomic E-state index is 12.5. The second kappa shape index (κ2) is 10.4. The van der Waals surface area contributed by atoms with Crippen molar-refractivity contribution in [2.24, 2.45) is 10.2 Å². The number of nitrogens with one attached hydrogen (secondary N) is 1. The average Bonchev–Trinajstić information content (AvgIpc) is 3.12. The summed E-state index contributed by atoms with van der Waals surface area (Å²) in [4.78, 5) is 35.0. The van der Waals surface area contributed by atoms with Crippen molar-refractivity contribution >= 4 is 41.0 Å². The fourth-order valence-electron chi connectivity index (χ4n) is 2.63. The highest BCUT2D eigenvalue weighted by Gasteiger charge is 2.32. The minimum Gasteiger partial charge on any atom is -0.497 e. The summed E-state index contributed by atoms with van der Waals surface area (Å²) in [5.74, 6) is -0.916. The van der Waals surface area contributed by atoms with Crippen LogP contribution in [0.25, 0.3) is 0 Å². The molecule has 166 valence electrons. The summed E-state index contributed by atoms with van der Waals surface area (Å²) >= 11 is 0.997. The van der Waals surface area contributed by atoms with Crippen molar-refractivity contribution in [3.63, 3.8) is 0 Å². The van der Waals surface area contributed by atoms with Crippen LogP contribution in [0.4, 0.5) is 0 Å². The third-order valence-electron chi connectivity index (χ3n) is 4.21. The molecule has 1 aliphatic rings. The van der Waals surface area contributed by atoms with E-state index in [-0.39, 0.29) is 17.3 Å². The summed E-state index contributed by atoms with van der Waals surface area (Å²) in [5, 5.41) is 18.6. The zero-order valence-corrected chi connectivity index (χ0v) is 17.9. The Bertz CT molecular complexity index is 1080. The van der Waals surface area contributed by atoms with E-state index in [2.05, 4.69) is 15.5 Å². The molecule has 0 spiro atoms. The number of carbonyl (C=O) groups excluding carboxylic acids is 2. The van der Waals surface area contributed by atoms with Crippen molar-refractivity contribution < 1.29 is 33.7 Å². The van der Waals surface area contributed by atoms with Gasteiger partial charge in [-0.15, -0.1) is 5.10 Å². The van der Waals surface area contributed by atoms with E-state index in [0.717, 1.165) is 11.8 Å². The number of carbonyl (C=O) groups is 3. The highest BCUT2D eigenvalue weighted by atomic mass is 32.2. The standard InChI is InChI=1S/C21H19N3O7S/c1-29-14-6-4-13(5-7-14)20(28)31-16-9-12(3-8-15(16)30-2)11-22-24-21-23-19(27)17(32-21)10-18(25)26/h3-9,11,17H,10H2,1-2H3,(H,25,26)(H,23,24,27). The molecule has 1 fully saturated rings. The number of carboxylic acid groups (broad SMARTS) is 1. The number of methoxy groups -OCH3 is 2. The van der Waals surface area contributed by atoms with E-state index in [1.165, 1.54) is 20.4 Å². The molecule has 1 heterocycles. The van der Waals surface area contributed by atoms with Gasteiger partial charge >= 0.3 is 11.9 Å². The monoisotopic (exact) mass is 457 g/mol. The highest BCUT2D eigenvalue weighted by molar-refractivity contribution is 8.15. The Morgan fingerprint density at radius 2 is 1.88 bits per heavy atom. The molecule has 1 aliphatic heterocycles. The molecule has 2 aromatic rings. The first-order chi connectivity index (χ1) is 15.4. The van der Waals surface area contributed by atoms with Gasteiger partial charge in [0.15, 0.2) is 16.7 Å². The summed E-state index contributed by atoms with van der Waals surface area (Å²) in [5.41, 5.74) is 0.896. The molecule has 0 aromatic heterocycles. The van der Waals surface area contributed by atoms with Crippen molar-refractivity contribution in [2.45, 2.75) is 11.7 Å². The van der Waals surface area contributed by atoms with E-state index in [4.69, 9.17) is 19.3 Å². The van der Waals surface area contributed by atoms with E-state index in [9.17, 15) is 14.4 Å². The molecule has 1 saturated heterocycles. The zero-order valence-electron chi connectivity index (χ0n) is 17.1. The Hall–Kier alpha value is -3.86. The molecule has 32 heavy (non-hydrogen) atoms. The fourth-order valence-corrected chi connectivity index (χ4v) is 3.55. The van der Waals surface area contributed by atoms with Crippen molar-refractivity contribution in [1.82, 2.24) is 5.32 Å². The van der Waals surface area contributed by atoms with Crippen LogP contribution in [0, 0.1) is 0 Å². The van der Waals surface area contributed by atoms with Crippen LogP contribution in [-0.4, -0.2) is 53.8 Å². The smallest absolute Gasteiger partial charge is 0.343 e. The maximum absolute atomic E-state index is 12.5. The minimum absolute atomic E-state index is 0.190. The van der Waals surface area contributed by atoms with Crippen LogP contribution in [0.15, 0.2) is 52.7 Å². The SMILES string of the molecule is COc1ccc(C(=O)Oc2cc(C=N/N=C3\NC(=O)C(CC(=O)O)S3)ccc2OC)cc1. The maximum Gasteiger partial charge on any atom is 0.343 e. The molecule has 0 aliphatic carbocycles. The second-order valence-corrected chi connectivity index (χ2v) is 7.56. The number of hydrogen-bond acceptors (Lipinski definition) is 9. The van der Waals surface area contributed by atoms with Gasteiger partial charge in [-0.2, -0.15) is 5.10 Å². The second-order valence-electron chi connectivity index (χ2n) is 6.37. The van der Waals surface area contributed by atoms with Gasteiger partial charge in [0.1, 0.15) is 11.0 Å². The van der Waals surface area contributed by atoms with Crippen LogP contribution in [0.5, 0.6) is 17.2 Å². The number of aliphatic carboxylic acids is 1. The lowest BCUT2D eigenvalue weighted by Crippen LogP contribution is -2.26. The fraction of sp³-hybridized carbons (Fsp3) is 0.190. The van der Waals surface area contributed by atoms with Crippen LogP contribution in [-0.2, 0) is 9.59 Å². The molecule has 1 unspecified atom stereocenters. The Morgan fingerprint density at radius 3 is 2.53 bits per heavy atom. The van der Waals surface area contributed by atoms with Gasteiger partial charge < -0.3 is 24.6 Å². The molecular formula is C21H19N3O7S. The van der Waals surface area contributed by atoms with E-state index >= 15 is 0 Å². The Kier molecular flexibility index (Phi) is 7.45. The first-order valence-electron chi connectivity index (χ1n) is 9.24. The van der Waals surface area contributed by atoms with Crippen LogP contribution >= 0.6 is 11.8 Å². The molecule has 10 nitrogen and oxygen atoms in total. The molecule has 0 radical (unpaired) electrons. The first-order valence-corrected chi connectivity index (χ1v) is 10.1. The molecule has 11 heteroatoms. The van der Waals surface area contributed by atoms with Gasteiger partial charge in [-0.25, -0.2) is 4.79 Å². The third kappa shape index (κ3) is 5.85. The molecule has 1 amide bonds. The number of amidine groups is 1. The number of thioether (sulfide) groups is 1. The molecule has 3 rings (SSSR count). The topological polar surface area (TPSA) is 136 Å². The molecular weight excluding hydrogens is 438 g/mol. The number of hydrogen-bond donors (Lipinski definition) is 2. The quantitative estimate of drug-likeness (QED) is 0.267. The van der Waals surface area contributed by atoms with E-state index in [1.54, 1.807) is 42.5 Å². The lowest BCUT2D eigenvalue weighted by Gasteiger charge is -2.10. The largest absolute Gasteiger partial charge is 0.497 e. The van der Waals surface area contributed by atoms with Crippen LogP contribution in [0.3, 0.4) is 0 Å². The van der Waals surface area contributed by atoms with Gasteiger partial charge in [-0.3, -0.25) is 9.59 Å². The Morgan fingerprint density at radius 1 is 1.12 bits per heavy atom. The van der Waals surface area contributed by atoms with Crippen LogP contribution in [0.2, 0.25) is 0 Å². The Labute approximate surface area is 187 Å². The minimum atomic E-state index is -1.07. The summed E-state index contributed by atoms with van der Waals surface area (Å²) in [6, 6.07) is 11.3. The van der Waals surface area contributed by atoms with Gasteiger partial charge in [-0.1, -0.05) is 11.8 Å². The van der Waals surface area contributed by atoms with Gasteiger partial charge in [-0.05, 0) is 48.0 Å². The summed E-state index contributed by atoms with van der Waals surface area (Å²) in [6.07, 6.45) is 1.09. The number of benzene rings is 2. The summed E-state index contributed by atoms with van der Waals surface area (Å²) in [7, 11) is 2.98. The van der Waals surface area contributed by atoms with Gasteiger partial charge in [0, 0.05) is 0 Å². The average molecular weight is 457 g/mol. The molecule has 1 atom stereocenters. The number of esters is 1. The van der Waals surface area contributed by atoms with E-state index in [0.29, 0.717) is 22.6 Å². The number of carboxylic acids is 1. The molecule has 0 saturated carbocycles. The summed E-state index contributed by atoms with van der Waals surface area (Å²) in [6.45, 7) is 0. The predicted octanol–water partition coefficient (Wildman–Crippen LogP) is 2.32. The van der Waals surface area contributed by atoms with Crippen LogP contribution in [0.1, 0.15) is 22.3 Å². The Balaban J connectivity index is 1.71. The first kappa shape index (κ1) is 22.8. The van der Waals surface area contributed by atoms with Crippen molar-refractivity contribution in [3.05, 3.63) is 53.6 Å².